The van der Waals surface area contributed by atoms with Crippen molar-refractivity contribution in [3.05, 3.63) is 0 Å². The molecule has 0 radical (unpaired) electrons. The molecule has 1 fully saturated rings. The third-order valence-corrected chi connectivity index (χ3v) is 1.90. The molecule has 3 heteroatoms. The summed E-state index contributed by atoms with van der Waals surface area (Å²) in [6, 6.07) is 0. The molecule has 0 bridgehead atoms. The van der Waals surface area contributed by atoms with E-state index >= 15 is 0 Å². The van der Waals surface area contributed by atoms with Gasteiger partial charge in [0.1, 0.15) is 6.10 Å². The molecule has 3 nitrogen and oxygen atoms in total. The van der Waals surface area contributed by atoms with E-state index in [1.165, 1.54) is 0 Å². The van der Waals surface area contributed by atoms with Gasteiger partial charge in [-0.25, -0.2) is 0 Å². The van der Waals surface area contributed by atoms with E-state index in [1.807, 2.05) is 13.8 Å². The second kappa shape index (κ2) is 2.23. The van der Waals surface area contributed by atoms with Crippen molar-refractivity contribution in [3.63, 3.8) is 0 Å². The summed E-state index contributed by atoms with van der Waals surface area (Å²) < 4.78 is 5.03. The maximum atomic E-state index is 11.0. The van der Waals surface area contributed by atoms with Crippen LogP contribution in [-0.4, -0.2) is 25.7 Å². The first-order chi connectivity index (χ1) is 4.58. The lowest BCUT2D eigenvalue weighted by Crippen LogP contribution is -2.32. The Morgan fingerprint density at radius 2 is 2.30 bits per heavy atom. The van der Waals surface area contributed by atoms with Gasteiger partial charge in [-0.1, -0.05) is 13.8 Å². The van der Waals surface area contributed by atoms with Gasteiger partial charge in [0.15, 0.2) is 0 Å². The molecular formula is C7H13NO2. The van der Waals surface area contributed by atoms with Gasteiger partial charge < -0.3 is 10.1 Å². The van der Waals surface area contributed by atoms with Gasteiger partial charge >= 0.3 is 0 Å². The molecule has 1 N–H and O–H groups in total. The van der Waals surface area contributed by atoms with Crippen LogP contribution >= 0.6 is 0 Å². The highest BCUT2D eigenvalue weighted by Crippen LogP contribution is 2.26. The van der Waals surface area contributed by atoms with Crippen molar-refractivity contribution >= 4 is 5.91 Å². The van der Waals surface area contributed by atoms with Crippen LogP contribution in [0.25, 0.3) is 0 Å². The number of carbonyl (C=O) groups is 1. The summed E-state index contributed by atoms with van der Waals surface area (Å²) in [7, 11) is 1.57. The standard InChI is InChI=1S/C7H13NO2/c1-7(2)4-8-6(9)5(7)10-3/h5H,4H2,1-3H3,(H,8,9)/t5-/m0/s1. The van der Waals surface area contributed by atoms with Gasteiger partial charge in [0, 0.05) is 19.1 Å². The molecule has 0 aromatic heterocycles. The summed E-state index contributed by atoms with van der Waals surface area (Å²) >= 11 is 0. The molecule has 1 saturated heterocycles. The van der Waals surface area contributed by atoms with E-state index in [4.69, 9.17) is 4.74 Å². The van der Waals surface area contributed by atoms with Crippen molar-refractivity contribution in [2.45, 2.75) is 20.0 Å². The van der Waals surface area contributed by atoms with Crippen molar-refractivity contribution in [1.29, 1.82) is 0 Å². The van der Waals surface area contributed by atoms with E-state index in [1.54, 1.807) is 7.11 Å². The predicted octanol–water partition coefficient (Wildman–Crippen LogP) is 0.157. The maximum absolute atomic E-state index is 11.0. The summed E-state index contributed by atoms with van der Waals surface area (Å²) in [5, 5.41) is 2.75. The van der Waals surface area contributed by atoms with Crippen molar-refractivity contribution in [1.82, 2.24) is 5.32 Å². The molecular weight excluding hydrogens is 130 g/mol. The number of nitrogens with one attached hydrogen (secondary N) is 1. The van der Waals surface area contributed by atoms with E-state index in [0.29, 0.717) is 6.54 Å². The molecule has 0 unspecified atom stereocenters. The average molecular weight is 143 g/mol. The fourth-order valence-electron chi connectivity index (χ4n) is 1.28. The van der Waals surface area contributed by atoms with Gasteiger partial charge in [-0.05, 0) is 0 Å². The molecule has 0 spiro atoms. The number of hydrogen-bond donors (Lipinski definition) is 1. The Balaban J connectivity index is 2.73. The largest absolute Gasteiger partial charge is 0.371 e. The highest BCUT2D eigenvalue weighted by Gasteiger charge is 2.41. The minimum Gasteiger partial charge on any atom is -0.371 e. The first kappa shape index (κ1) is 7.54. The number of methoxy groups -OCH3 is 1. The third kappa shape index (κ3) is 1.01. The minimum atomic E-state index is -0.271. The topological polar surface area (TPSA) is 38.3 Å². The zero-order valence-electron chi connectivity index (χ0n) is 6.60. The third-order valence-electron chi connectivity index (χ3n) is 1.90. The van der Waals surface area contributed by atoms with E-state index in [2.05, 4.69) is 5.32 Å². The van der Waals surface area contributed by atoms with Crippen LogP contribution in [0.1, 0.15) is 13.8 Å². The predicted molar refractivity (Wildman–Crippen MR) is 37.6 cm³/mol. The normalized spacial score (nSPS) is 30.3. The van der Waals surface area contributed by atoms with Gasteiger partial charge in [0.25, 0.3) is 0 Å². The maximum Gasteiger partial charge on any atom is 0.249 e. The number of hydrogen-bond acceptors (Lipinski definition) is 2. The Labute approximate surface area is 60.7 Å². The van der Waals surface area contributed by atoms with Crippen LogP contribution in [0, 0.1) is 5.41 Å². The number of carbonyl (C=O) groups excluding carboxylic acids is 1. The smallest absolute Gasteiger partial charge is 0.249 e. The lowest BCUT2D eigenvalue weighted by molar-refractivity contribution is -0.130. The van der Waals surface area contributed by atoms with Crippen LogP contribution in [0.4, 0.5) is 0 Å². The molecule has 0 aromatic rings. The number of ether oxygens (including phenoxy) is 1. The number of rotatable bonds is 1. The van der Waals surface area contributed by atoms with Gasteiger partial charge in [-0.2, -0.15) is 0 Å². The Hall–Kier alpha value is -0.570. The van der Waals surface area contributed by atoms with Crippen LogP contribution < -0.4 is 5.32 Å². The summed E-state index contributed by atoms with van der Waals surface area (Å²) in [5.41, 5.74) is -0.0498. The Morgan fingerprint density at radius 3 is 2.50 bits per heavy atom. The molecule has 0 saturated carbocycles. The molecule has 1 amide bonds. The molecule has 0 aromatic carbocycles. The summed E-state index contributed by atoms with van der Waals surface area (Å²) in [4.78, 5) is 11.0. The van der Waals surface area contributed by atoms with Crippen LogP contribution in [0.3, 0.4) is 0 Å². The molecule has 1 atom stereocenters. The first-order valence-electron chi connectivity index (χ1n) is 3.38. The van der Waals surface area contributed by atoms with E-state index in [9.17, 15) is 4.79 Å². The SMILES string of the molecule is CO[C@H]1C(=O)NCC1(C)C. The lowest BCUT2D eigenvalue weighted by Gasteiger charge is -2.21. The van der Waals surface area contributed by atoms with E-state index < -0.39 is 0 Å². The van der Waals surface area contributed by atoms with Crippen LogP contribution in [0.15, 0.2) is 0 Å². The first-order valence-corrected chi connectivity index (χ1v) is 3.38. The van der Waals surface area contributed by atoms with Gasteiger partial charge in [0.05, 0.1) is 0 Å². The molecule has 58 valence electrons. The average Bonchev–Trinajstić information content (AvgIpc) is 2.07. The number of amides is 1. The van der Waals surface area contributed by atoms with E-state index in [0.717, 1.165) is 0 Å². The van der Waals surface area contributed by atoms with Crippen LogP contribution in [0.2, 0.25) is 0 Å². The zero-order chi connectivity index (χ0) is 7.78. The van der Waals surface area contributed by atoms with Crippen LogP contribution in [0.5, 0.6) is 0 Å². The molecule has 10 heavy (non-hydrogen) atoms. The zero-order valence-corrected chi connectivity index (χ0v) is 6.60. The van der Waals surface area contributed by atoms with Crippen molar-refractivity contribution < 1.29 is 9.53 Å². The van der Waals surface area contributed by atoms with Crippen molar-refractivity contribution in [2.75, 3.05) is 13.7 Å². The van der Waals surface area contributed by atoms with Crippen molar-refractivity contribution in [2.24, 2.45) is 5.41 Å². The second-order valence-corrected chi connectivity index (χ2v) is 3.32. The molecule has 1 aliphatic rings. The fourth-order valence-corrected chi connectivity index (χ4v) is 1.28. The van der Waals surface area contributed by atoms with Gasteiger partial charge in [0.2, 0.25) is 5.91 Å². The van der Waals surface area contributed by atoms with Crippen LogP contribution in [-0.2, 0) is 9.53 Å². The summed E-state index contributed by atoms with van der Waals surface area (Å²) in [6.45, 7) is 4.74. The molecule has 1 heterocycles. The molecule has 1 aliphatic heterocycles. The molecule has 1 rings (SSSR count). The summed E-state index contributed by atoms with van der Waals surface area (Å²) in [5.74, 6) is 0.00694. The fraction of sp³-hybridized carbons (Fsp3) is 0.857. The van der Waals surface area contributed by atoms with Gasteiger partial charge in [-0.3, -0.25) is 4.79 Å². The Kier molecular flexibility index (Phi) is 1.68. The monoisotopic (exact) mass is 143 g/mol. The van der Waals surface area contributed by atoms with E-state index in [-0.39, 0.29) is 17.4 Å². The summed E-state index contributed by atoms with van der Waals surface area (Å²) in [6.07, 6.45) is -0.271. The highest BCUT2D eigenvalue weighted by molar-refractivity contribution is 5.84. The Morgan fingerprint density at radius 1 is 1.70 bits per heavy atom. The quantitative estimate of drug-likeness (QED) is 0.567. The van der Waals surface area contributed by atoms with Crippen molar-refractivity contribution in [3.8, 4) is 0 Å². The second-order valence-electron chi connectivity index (χ2n) is 3.32. The Bertz CT molecular complexity index is 154. The highest BCUT2D eigenvalue weighted by atomic mass is 16.5. The molecule has 0 aliphatic carbocycles. The minimum absolute atomic E-state index is 0.00694. The lowest BCUT2D eigenvalue weighted by atomic mass is 9.90. The van der Waals surface area contributed by atoms with Gasteiger partial charge in [-0.15, -0.1) is 0 Å².